The van der Waals surface area contributed by atoms with Gasteiger partial charge in [-0.1, -0.05) is 38.7 Å². The Labute approximate surface area is 91.0 Å². The number of hydrogen-bond donors (Lipinski definition) is 0. The second kappa shape index (κ2) is 3.37. The molecular formula is C13H17NO. The van der Waals surface area contributed by atoms with Gasteiger partial charge >= 0.3 is 0 Å². The quantitative estimate of drug-likeness (QED) is 0.481. The van der Waals surface area contributed by atoms with Gasteiger partial charge in [-0.05, 0) is 17.4 Å². The van der Waals surface area contributed by atoms with Crippen LogP contribution in [0.5, 0.6) is 0 Å². The van der Waals surface area contributed by atoms with Gasteiger partial charge < -0.3 is 4.90 Å². The van der Waals surface area contributed by atoms with Crippen molar-refractivity contribution in [1.82, 2.24) is 4.90 Å². The lowest BCUT2D eigenvalue weighted by atomic mass is 9.78. The van der Waals surface area contributed by atoms with Gasteiger partial charge in [0.15, 0.2) is 0 Å². The average molecular weight is 203 g/mol. The molecule has 1 aliphatic carbocycles. The summed E-state index contributed by atoms with van der Waals surface area (Å²) in [4.78, 5) is 14.1. The first-order valence-electron chi connectivity index (χ1n) is 5.35. The number of allylic oxidation sites excluding steroid dienone is 2. The number of Topliss-reactive ketones (excluding diaryl/α,β-unsaturated/α-hetero) is 1. The van der Waals surface area contributed by atoms with Gasteiger partial charge in [0.25, 0.3) is 0 Å². The molecular weight excluding hydrogens is 186 g/mol. The largest absolute Gasteiger partial charge is 0.361 e. The van der Waals surface area contributed by atoms with Gasteiger partial charge in [-0.25, -0.2) is 0 Å². The molecule has 80 valence electrons. The van der Waals surface area contributed by atoms with Crippen molar-refractivity contribution >= 4 is 5.78 Å². The van der Waals surface area contributed by atoms with E-state index in [1.807, 2.05) is 0 Å². The first-order valence-corrected chi connectivity index (χ1v) is 5.35. The van der Waals surface area contributed by atoms with E-state index in [4.69, 9.17) is 0 Å². The number of carbonyl (C=O) groups excluding carboxylic acids is 1. The summed E-state index contributed by atoms with van der Waals surface area (Å²) in [5, 5.41) is 0. The third-order valence-corrected chi connectivity index (χ3v) is 2.91. The summed E-state index contributed by atoms with van der Waals surface area (Å²) in [6.45, 7) is 9.87. The highest BCUT2D eigenvalue weighted by molar-refractivity contribution is 6.08. The van der Waals surface area contributed by atoms with Crippen LogP contribution in [0, 0.1) is 5.41 Å². The monoisotopic (exact) mass is 203 g/mol. The molecule has 2 nitrogen and oxygen atoms in total. The third kappa shape index (κ3) is 1.89. The maximum atomic E-state index is 12.0. The first-order chi connectivity index (χ1) is 6.99. The summed E-state index contributed by atoms with van der Waals surface area (Å²) in [7, 11) is 0. The van der Waals surface area contributed by atoms with Crippen molar-refractivity contribution in [1.29, 1.82) is 0 Å². The van der Waals surface area contributed by atoms with Gasteiger partial charge in [0.1, 0.15) is 0 Å². The fraction of sp³-hybridized carbons (Fsp3) is 0.462. The minimum absolute atomic E-state index is 0.0584. The summed E-state index contributed by atoms with van der Waals surface area (Å²) in [6, 6.07) is 0. The molecule has 2 aliphatic rings. The molecule has 0 fully saturated rings. The molecule has 0 unspecified atom stereocenters. The number of rotatable bonds is 1. The third-order valence-electron chi connectivity index (χ3n) is 2.91. The fourth-order valence-corrected chi connectivity index (χ4v) is 2.21. The van der Waals surface area contributed by atoms with E-state index in [2.05, 4.69) is 43.6 Å². The van der Waals surface area contributed by atoms with Crippen LogP contribution in [0.3, 0.4) is 0 Å². The van der Waals surface area contributed by atoms with Crippen molar-refractivity contribution in [3.63, 3.8) is 0 Å². The van der Waals surface area contributed by atoms with Crippen LogP contribution in [-0.2, 0) is 4.79 Å². The Kier molecular flexibility index (Phi) is 2.29. The van der Waals surface area contributed by atoms with Gasteiger partial charge in [0, 0.05) is 13.1 Å². The van der Waals surface area contributed by atoms with Crippen LogP contribution >= 0.6 is 0 Å². The molecule has 0 aromatic heterocycles. The van der Waals surface area contributed by atoms with Crippen molar-refractivity contribution in [3.05, 3.63) is 36.1 Å². The molecule has 2 heteroatoms. The first kappa shape index (κ1) is 10.2. The Morgan fingerprint density at radius 3 is 2.53 bits per heavy atom. The van der Waals surface area contributed by atoms with E-state index in [1.165, 1.54) is 0 Å². The van der Waals surface area contributed by atoms with Gasteiger partial charge in [-0.3, -0.25) is 4.79 Å². The zero-order valence-corrected chi connectivity index (χ0v) is 9.42. The molecule has 0 amide bonds. The fourth-order valence-electron chi connectivity index (χ4n) is 2.21. The zero-order valence-electron chi connectivity index (χ0n) is 9.42. The molecule has 0 spiro atoms. The van der Waals surface area contributed by atoms with E-state index >= 15 is 0 Å². The zero-order chi connectivity index (χ0) is 11.1. The van der Waals surface area contributed by atoms with Gasteiger partial charge in [0.05, 0.1) is 5.70 Å². The molecule has 15 heavy (non-hydrogen) atoms. The Morgan fingerprint density at radius 2 is 1.93 bits per heavy atom. The highest BCUT2D eigenvalue weighted by Gasteiger charge is 2.31. The van der Waals surface area contributed by atoms with E-state index in [-0.39, 0.29) is 11.2 Å². The highest BCUT2D eigenvalue weighted by atomic mass is 16.1. The Bertz CT molecular complexity index is 366. The van der Waals surface area contributed by atoms with E-state index in [0.717, 1.165) is 30.8 Å². The lowest BCUT2D eigenvalue weighted by molar-refractivity contribution is -0.114. The van der Waals surface area contributed by atoms with Crippen molar-refractivity contribution in [2.75, 3.05) is 13.1 Å². The lowest BCUT2D eigenvalue weighted by Gasteiger charge is -2.32. The highest BCUT2D eigenvalue weighted by Crippen LogP contribution is 2.35. The van der Waals surface area contributed by atoms with Crippen LogP contribution in [0.1, 0.15) is 20.3 Å². The van der Waals surface area contributed by atoms with Gasteiger partial charge in [0.2, 0.25) is 5.78 Å². The molecule has 1 aliphatic heterocycles. The van der Waals surface area contributed by atoms with Crippen molar-refractivity contribution in [2.45, 2.75) is 20.3 Å². The van der Waals surface area contributed by atoms with Crippen molar-refractivity contribution in [2.24, 2.45) is 5.41 Å². The van der Waals surface area contributed by atoms with Crippen LogP contribution in [0.15, 0.2) is 36.1 Å². The second-order valence-electron chi connectivity index (χ2n) is 5.00. The summed E-state index contributed by atoms with van der Waals surface area (Å²) in [6.07, 6.45) is 7.06. The molecule has 0 aromatic carbocycles. The minimum Gasteiger partial charge on any atom is -0.361 e. The van der Waals surface area contributed by atoms with Crippen LogP contribution in [0.4, 0.5) is 0 Å². The van der Waals surface area contributed by atoms with Crippen LogP contribution in [0.25, 0.3) is 0 Å². The van der Waals surface area contributed by atoms with Gasteiger partial charge in [-0.2, -0.15) is 0 Å². The molecule has 0 N–H and O–H groups in total. The van der Waals surface area contributed by atoms with E-state index < -0.39 is 0 Å². The van der Waals surface area contributed by atoms with E-state index in [1.54, 1.807) is 0 Å². The predicted octanol–water partition coefficient (Wildman–Crippen LogP) is 2.30. The maximum Gasteiger partial charge on any atom is 0.204 e. The number of nitrogens with zero attached hydrogens (tertiary/aromatic N) is 1. The van der Waals surface area contributed by atoms with Crippen LogP contribution in [0.2, 0.25) is 0 Å². The Hall–Kier alpha value is -1.31. The molecule has 0 radical (unpaired) electrons. The molecule has 0 bridgehead atoms. The standard InChI is InChI=1S/C13H17NO/c1-10-8-13(2,3)9-11(12(10)15)14-6-4-5-7-14/h4-5,9H,1,6-8H2,2-3H3. The molecule has 1 heterocycles. The predicted molar refractivity (Wildman–Crippen MR) is 61.3 cm³/mol. The summed E-state index contributed by atoms with van der Waals surface area (Å²) >= 11 is 0. The van der Waals surface area contributed by atoms with Crippen LogP contribution < -0.4 is 0 Å². The second-order valence-corrected chi connectivity index (χ2v) is 5.00. The summed E-state index contributed by atoms with van der Waals surface area (Å²) in [5.41, 5.74) is 1.63. The molecule has 0 atom stereocenters. The SMILES string of the molecule is C=C1CC(C)(C)C=C(N2CC=CC2)C1=O. The Balaban J connectivity index is 2.31. The smallest absolute Gasteiger partial charge is 0.204 e. The van der Waals surface area contributed by atoms with Gasteiger partial charge in [-0.15, -0.1) is 0 Å². The van der Waals surface area contributed by atoms with Crippen molar-refractivity contribution in [3.8, 4) is 0 Å². The number of ketones is 1. The molecule has 0 saturated heterocycles. The average Bonchev–Trinajstić information content (AvgIpc) is 2.63. The molecule has 2 rings (SSSR count). The molecule has 0 aromatic rings. The normalized spacial score (nSPS) is 24.7. The molecule has 0 saturated carbocycles. The maximum absolute atomic E-state index is 12.0. The summed E-state index contributed by atoms with van der Waals surface area (Å²) < 4.78 is 0. The minimum atomic E-state index is 0.0584. The van der Waals surface area contributed by atoms with Crippen LogP contribution in [-0.4, -0.2) is 23.8 Å². The number of hydrogen-bond acceptors (Lipinski definition) is 2. The Morgan fingerprint density at radius 1 is 1.33 bits per heavy atom. The summed E-state index contributed by atoms with van der Waals surface area (Å²) in [5.74, 6) is 0.123. The lowest BCUT2D eigenvalue weighted by Crippen LogP contribution is -2.32. The topological polar surface area (TPSA) is 20.3 Å². The van der Waals surface area contributed by atoms with Crippen molar-refractivity contribution < 1.29 is 4.79 Å². The van der Waals surface area contributed by atoms with E-state index in [9.17, 15) is 4.79 Å². The van der Waals surface area contributed by atoms with E-state index in [0.29, 0.717) is 0 Å². The number of carbonyl (C=O) groups is 1.